The van der Waals surface area contributed by atoms with E-state index in [4.69, 9.17) is 4.74 Å². The standard InChI is InChI=1S/C20H24N2O4S2/c1-14-10-16(3)18(11-15(14)2)19(23)13-27-20-5-4-17(12-21-20)28(24,25)22-6-8-26-9-7-22/h4-5,10-12H,6-9,13H2,1-3H3. The Balaban J connectivity index is 1.66. The van der Waals surface area contributed by atoms with Gasteiger partial charge in [0.1, 0.15) is 4.90 Å². The van der Waals surface area contributed by atoms with E-state index in [1.165, 1.54) is 27.8 Å². The Labute approximate surface area is 170 Å². The molecule has 0 aliphatic carbocycles. The largest absolute Gasteiger partial charge is 0.379 e. The molecule has 8 heteroatoms. The second-order valence-electron chi connectivity index (χ2n) is 6.81. The molecule has 0 amide bonds. The Bertz CT molecular complexity index is 966. The predicted octanol–water partition coefficient (Wildman–Crippen LogP) is 3.00. The highest BCUT2D eigenvalue weighted by Gasteiger charge is 2.26. The van der Waals surface area contributed by atoms with Crippen LogP contribution in [-0.4, -0.2) is 55.5 Å². The van der Waals surface area contributed by atoms with Crippen LogP contribution >= 0.6 is 11.8 Å². The maximum absolute atomic E-state index is 12.6. The summed E-state index contributed by atoms with van der Waals surface area (Å²) in [7, 11) is -3.55. The van der Waals surface area contributed by atoms with Crippen molar-refractivity contribution in [2.75, 3.05) is 32.1 Å². The number of rotatable bonds is 6. The monoisotopic (exact) mass is 420 g/mol. The minimum Gasteiger partial charge on any atom is -0.379 e. The third-order valence-corrected chi connectivity index (χ3v) is 7.64. The van der Waals surface area contributed by atoms with Gasteiger partial charge in [0.25, 0.3) is 0 Å². The highest BCUT2D eigenvalue weighted by Crippen LogP contribution is 2.23. The molecule has 0 saturated carbocycles. The van der Waals surface area contributed by atoms with Gasteiger partial charge in [-0.15, -0.1) is 0 Å². The van der Waals surface area contributed by atoms with Crippen molar-refractivity contribution in [3.63, 3.8) is 0 Å². The molecule has 1 aromatic heterocycles. The molecule has 1 saturated heterocycles. The third-order valence-electron chi connectivity index (χ3n) is 4.81. The fourth-order valence-electron chi connectivity index (χ4n) is 3.02. The number of nitrogens with zero attached hydrogens (tertiary/aromatic N) is 2. The zero-order valence-corrected chi connectivity index (χ0v) is 17.9. The van der Waals surface area contributed by atoms with E-state index in [9.17, 15) is 13.2 Å². The number of hydrogen-bond acceptors (Lipinski definition) is 6. The topological polar surface area (TPSA) is 76.6 Å². The lowest BCUT2D eigenvalue weighted by Gasteiger charge is -2.25. The van der Waals surface area contributed by atoms with Crippen molar-refractivity contribution in [1.82, 2.24) is 9.29 Å². The number of thioether (sulfide) groups is 1. The Hall–Kier alpha value is -1.74. The predicted molar refractivity (Wildman–Crippen MR) is 110 cm³/mol. The Morgan fingerprint density at radius 1 is 1.11 bits per heavy atom. The van der Waals surface area contributed by atoms with Crippen LogP contribution in [0.2, 0.25) is 0 Å². The molecule has 0 spiro atoms. The lowest BCUT2D eigenvalue weighted by atomic mass is 9.99. The molecule has 0 bridgehead atoms. The summed E-state index contributed by atoms with van der Waals surface area (Å²) in [5.41, 5.74) is 3.95. The third kappa shape index (κ3) is 4.63. The molecule has 150 valence electrons. The van der Waals surface area contributed by atoms with Crippen LogP contribution in [0.15, 0.2) is 40.4 Å². The molecule has 0 unspecified atom stereocenters. The number of carbonyl (C=O) groups is 1. The maximum atomic E-state index is 12.6. The average molecular weight is 421 g/mol. The van der Waals surface area contributed by atoms with Crippen LogP contribution in [-0.2, 0) is 14.8 Å². The number of hydrogen-bond donors (Lipinski definition) is 0. The van der Waals surface area contributed by atoms with Crippen LogP contribution in [0, 0.1) is 20.8 Å². The first-order chi connectivity index (χ1) is 13.3. The molecule has 0 N–H and O–H groups in total. The molecule has 2 heterocycles. The van der Waals surface area contributed by atoms with Gasteiger partial charge in [0, 0.05) is 24.8 Å². The van der Waals surface area contributed by atoms with Crippen LogP contribution in [0.25, 0.3) is 0 Å². The fourth-order valence-corrected chi connectivity index (χ4v) is 5.10. The number of carbonyl (C=O) groups excluding carboxylic acids is 1. The van der Waals surface area contributed by atoms with Gasteiger partial charge in [0.15, 0.2) is 5.78 Å². The summed E-state index contributed by atoms with van der Waals surface area (Å²) in [4.78, 5) is 17.0. The summed E-state index contributed by atoms with van der Waals surface area (Å²) in [6.07, 6.45) is 1.36. The smallest absolute Gasteiger partial charge is 0.244 e. The summed E-state index contributed by atoms with van der Waals surface area (Å²) in [6.45, 7) is 7.47. The van der Waals surface area contributed by atoms with Gasteiger partial charge in [-0.3, -0.25) is 4.79 Å². The molecular weight excluding hydrogens is 396 g/mol. The van der Waals surface area contributed by atoms with Gasteiger partial charge in [-0.25, -0.2) is 13.4 Å². The van der Waals surface area contributed by atoms with Gasteiger partial charge in [-0.1, -0.05) is 17.8 Å². The SMILES string of the molecule is Cc1cc(C)c(C(=O)CSc2ccc(S(=O)(=O)N3CCOCC3)cn2)cc1C. The first-order valence-electron chi connectivity index (χ1n) is 9.07. The normalized spacial score (nSPS) is 15.5. The summed E-state index contributed by atoms with van der Waals surface area (Å²) < 4.78 is 31.8. The highest BCUT2D eigenvalue weighted by atomic mass is 32.2. The number of ether oxygens (including phenoxy) is 1. The van der Waals surface area contributed by atoms with E-state index < -0.39 is 10.0 Å². The molecule has 0 radical (unpaired) electrons. The van der Waals surface area contributed by atoms with Crippen molar-refractivity contribution >= 4 is 27.6 Å². The van der Waals surface area contributed by atoms with E-state index >= 15 is 0 Å². The Kier molecular flexibility index (Phi) is 6.54. The Morgan fingerprint density at radius 3 is 2.43 bits per heavy atom. The number of pyridine rings is 1. The highest BCUT2D eigenvalue weighted by molar-refractivity contribution is 7.99. The van der Waals surface area contributed by atoms with Crippen molar-refractivity contribution < 1.29 is 17.9 Å². The lowest BCUT2D eigenvalue weighted by Crippen LogP contribution is -2.40. The lowest BCUT2D eigenvalue weighted by molar-refractivity contribution is 0.0730. The van der Waals surface area contributed by atoms with Gasteiger partial charge in [-0.2, -0.15) is 4.31 Å². The number of ketones is 1. The van der Waals surface area contributed by atoms with Gasteiger partial charge < -0.3 is 4.74 Å². The van der Waals surface area contributed by atoms with Crippen LogP contribution in [0.5, 0.6) is 0 Å². The zero-order valence-electron chi connectivity index (χ0n) is 16.3. The fraction of sp³-hybridized carbons (Fsp3) is 0.400. The molecule has 2 aromatic rings. The number of aromatic nitrogens is 1. The zero-order chi connectivity index (χ0) is 20.3. The molecule has 1 aliphatic heterocycles. The molecule has 1 fully saturated rings. The number of aryl methyl sites for hydroxylation is 3. The van der Waals surface area contributed by atoms with Crippen molar-refractivity contribution in [3.05, 3.63) is 52.7 Å². The molecular formula is C20H24N2O4S2. The van der Waals surface area contributed by atoms with Crippen LogP contribution in [0.1, 0.15) is 27.0 Å². The molecule has 6 nitrogen and oxygen atoms in total. The first-order valence-corrected chi connectivity index (χ1v) is 11.5. The summed E-state index contributed by atoms with van der Waals surface area (Å²) >= 11 is 1.31. The first kappa shape index (κ1) is 21.0. The number of Topliss-reactive ketones (excluding diaryl/α,β-unsaturated/α-hetero) is 1. The number of sulfonamides is 1. The average Bonchev–Trinajstić information content (AvgIpc) is 2.70. The van der Waals surface area contributed by atoms with Crippen LogP contribution in [0.3, 0.4) is 0 Å². The van der Waals surface area contributed by atoms with Crippen molar-refractivity contribution in [3.8, 4) is 0 Å². The maximum Gasteiger partial charge on any atom is 0.244 e. The number of benzene rings is 1. The quantitative estimate of drug-likeness (QED) is 0.528. The minimum atomic E-state index is -3.55. The summed E-state index contributed by atoms with van der Waals surface area (Å²) in [6, 6.07) is 7.15. The van der Waals surface area contributed by atoms with Crippen LogP contribution in [0.4, 0.5) is 0 Å². The van der Waals surface area contributed by atoms with Gasteiger partial charge >= 0.3 is 0 Å². The van der Waals surface area contributed by atoms with E-state index in [2.05, 4.69) is 4.98 Å². The van der Waals surface area contributed by atoms with Crippen molar-refractivity contribution in [2.24, 2.45) is 0 Å². The van der Waals surface area contributed by atoms with Crippen LogP contribution < -0.4 is 0 Å². The minimum absolute atomic E-state index is 0.0393. The van der Waals surface area contributed by atoms with Gasteiger partial charge in [0.2, 0.25) is 10.0 Å². The summed E-state index contributed by atoms with van der Waals surface area (Å²) in [5.74, 6) is 0.295. The molecule has 0 atom stereocenters. The summed E-state index contributed by atoms with van der Waals surface area (Å²) in [5, 5.41) is 0.621. The van der Waals surface area contributed by atoms with Gasteiger partial charge in [0.05, 0.1) is 24.0 Å². The van der Waals surface area contributed by atoms with Crippen molar-refractivity contribution in [2.45, 2.75) is 30.7 Å². The van der Waals surface area contributed by atoms with E-state index in [1.54, 1.807) is 12.1 Å². The van der Waals surface area contributed by atoms with E-state index in [1.807, 2.05) is 32.9 Å². The van der Waals surface area contributed by atoms with Crippen molar-refractivity contribution in [1.29, 1.82) is 0 Å². The second-order valence-corrected chi connectivity index (χ2v) is 9.75. The van der Waals surface area contributed by atoms with E-state index in [-0.39, 0.29) is 16.4 Å². The molecule has 1 aromatic carbocycles. The van der Waals surface area contributed by atoms with E-state index in [0.717, 1.165) is 16.7 Å². The molecule has 3 rings (SSSR count). The van der Waals surface area contributed by atoms with E-state index in [0.29, 0.717) is 31.3 Å². The Morgan fingerprint density at radius 2 is 1.79 bits per heavy atom. The van der Waals surface area contributed by atoms with Gasteiger partial charge in [-0.05, 0) is 55.7 Å². The second kappa shape index (κ2) is 8.73. The number of morpholine rings is 1. The molecule has 1 aliphatic rings. The molecule has 28 heavy (non-hydrogen) atoms.